The zero-order chi connectivity index (χ0) is 15.7. The van der Waals surface area contributed by atoms with Crippen LogP contribution in [0.25, 0.3) is 5.65 Å². The van der Waals surface area contributed by atoms with Crippen molar-refractivity contribution < 1.29 is 4.39 Å². The number of hydrogen-bond donors (Lipinski definition) is 1. The highest BCUT2D eigenvalue weighted by molar-refractivity contribution is 6.30. The maximum atomic E-state index is 13.8. The molecule has 0 amide bonds. The van der Waals surface area contributed by atoms with E-state index in [9.17, 15) is 9.18 Å². The normalized spacial score (nSPS) is 10.9. The number of pyridine rings is 1. The maximum Gasteiger partial charge on any atom is 0.258 e. The minimum absolute atomic E-state index is 0.228. The molecule has 1 aromatic carbocycles. The highest BCUT2D eigenvalue weighted by atomic mass is 35.5. The Kier molecular flexibility index (Phi) is 3.81. The van der Waals surface area contributed by atoms with Crippen molar-refractivity contribution >= 4 is 22.9 Å². The number of anilines is 1. The van der Waals surface area contributed by atoms with Crippen LogP contribution in [0, 0.1) is 12.7 Å². The molecule has 1 N–H and O–H groups in total. The summed E-state index contributed by atoms with van der Waals surface area (Å²) in [7, 11) is 0. The van der Waals surface area contributed by atoms with E-state index in [0.29, 0.717) is 22.1 Å². The second kappa shape index (κ2) is 5.77. The lowest BCUT2D eigenvalue weighted by atomic mass is 10.2. The van der Waals surface area contributed by atoms with E-state index in [4.69, 9.17) is 11.6 Å². The number of nitrogens with zero attached hydrogens (tertiary/aromatic N) is 2. The number of halogens is 2. The van der Waals surface area contributed by atoms with Crippen LogP contribution < -0.4 is 10.9 Å². The van der Waals surface area contributed by atoms with E-state index >= 15 is 0 Å². The van der Waals surface area contributed by atoms with Gasteiger partial charge in [0.05, 0.1) is 22.9 Å². The van der Waals surface area contributed by atoms with Crippen LogP contribution in [-0.4, -0.2) is 9.38 Å². The molecule has 0 saturated carbocycles. The highest BCUT2D eigenvalue weighted by Gasteiger charge is 2.05. The van der Waals surface area contributed by atoms with E-state index in [0.717, 1.165) is 5.56 Å². The van der Waals surface area contributed by atoms with Crippen LogP contribution in [0.2, 0.25) is 5.02 Å². The van der Waals surface area contributed by atoms with Gasteiger partial charge < -0.3 is 5.32 Å². The summed E-state index contributed by atoms with van der Waals surface area (Å²) in [6.45, 7) is 2.08. The molecule has 4 nitrogen and oxygen atoms in total. The number of nitrogens with one attached hydrogen (secondary N) is 1. The SMILES string of the molecule is Cc1ccc(NCc2cc(=O)n3cc(Cl)ccc3n2)c(F)c1. The summed E-state index contributed by atoms with van der Waals surface area (Å²) in [5.41, 5.74) is 2.03. The Morgan fingerprint density at radius 2 is 2.09 bits per heavy atom. The predicted octanol–water partition coefficient (Wildman–Crippen LogP) is 3.41. The fourth-order valence-corrected chi connectivity index (χ4v) is 2.33. The molecule has 0 saturated heterocycles. The molecular weight excluding hydrogens is 305 g/mol. The molecule has 6 heteroatoms. The topological polar surface area (TPSA) is 46.4 Å². The van der Waals surface area contributed by atoms with Gasteiger partial charge in [0.2, 0.25) is 0 Å². The lowest BCUT2D eigenvalue weighted by Crippen LogP contribution is -2.16. The fourth-order valence-electron chi connectivity index (χ4n) is 2.17. The maximum absolute atomic E-state index is 13.8. The first-order valence-corrected chi connectivity index (χ1v) is 7.08. The van der Waals surface area contributed by atoms with Crippen LogP contribution >= 0.6 is 11.6 Å². The van der Waals surface area contributed by atoms with Gasteiger partial charge in [0.1, 0.15) is 11.5 Å². The summed E-state index contributed by atoms with van der Waals surface area (Å²) in [6, 6.07) is 9.67. The molecule has 0 radical (unpaired) electrons. The minimum Gasteiger partial charge on any atom is -0.377 e. The van der Waals surface area contributed by atoms with Crippen molar-refractivity contribution in [1.29, 1.82) is 0 Å². The summed E-state index contributed by atoms with van der Waals surface area (Å²) in [6.07, 6.45) is 1.52. The van der Waals surface area contributed by atoms with Gasteiger partial charge in [-0.2, -0.15) is 0 Å². The number of hydrogen-bond acceptors (Lipinski definition) is 3. The van der Waals surface area contributed by atoms with Crippen LogP contribution in [-0.2, 0) is 6.54 Å². The summed E-state index contributed by atoms with van der Waals surface area (Å²) in [5, 5.41) is 3.41. The summed E-state index contributed by atoms with van der Waals surface area (Å²) in [4.78, 5) is 16.4. The molecule has 3 rings (SSSR count). The number of rotatable bonds is 3. The number of fused-ring (bicyclic) bond motifs is 1. The molecule has 2 heterocycles. The molecule has 0 atom stereocenters. The van der Waals surface area contributed by atoms with Crippen molar-refractivity contribution in [3.8, 4) is 0 Å². The van der Waals surface area contributed by atoms with Crippen molar-refractivity contribution in [2.24, 2.45) is 0 Å². The number of benzene rings is 1. The lowest BCUT2D eigenvalue weighted by molar-refractivity contribution is 0.629. The van der Waals surface area contributed by atoms with Crippen LogP contribution in [0.3, 0.4) is 0 Å². The Balaban J connectivity index is 1.88. The summed E-state index contributed by atoms with van der Waals surface area (Å²) >= 11 is 5.86. The van der Waals surface area contributed by atoms with Gasteiger partial charge in [-0.15, -0.1) is 0 Å². The standard InChI is InChI=1S/C16H13ClFN3O/c1-10-2-4-14(13(18)6-10)19-8-12-7-16(22)21-9-11(17)3-5-15(21)20-12/h2-7,9,19H,8H2,1H3. The van der Waals surface area contributed by atoms with Gasteiger partial charge in [-0.25, -0.2) is 9.37 Å². The van der Waals surface area contributed by atoms with Crippen molar-refractivity contribution in [3.05, 3.63) is 75.0 Å². The third-order valence-electron chi connectivity index (χ3n) is 3.26. The molecule has 0 aliphatic carbocycles. The van der Waals surface area contributed by atoms with Gasteiger partial charge in [0, 0.05) is 12.3 Å². The van der Waals surface area contributed by atoms with Crippen molar-refractivity contribution in [2.75, 3.05) is 5.32 Å². The van der Waals surface area contributed by atoms with E-state index in [1.54, 1.807) is 18.2 Å². The molecule has 0 bridgehead atoms. The van der Waals surface area contributed by atoms with E-state index in [-0.39, 0.29) is 17.9 Å². The zero-order valence-electron chi connectivity index (χ0n) is 11.8. The second-order valence-corrected chi connectivity index (χ2v) is 5.43. The highest BCUT2D eigenvalue weighted by Crippen LogP contribution is 2.16. The average molecular weight is 318 g/mol. The quantitative estimate of drug-likeness (QED) is 0.805. The van der Waals surface area contributed by atoms with Crippen molar-refractivity contribution in [3.63, 3.8) is 0 Å². The van der Waals surface area contributed by atoms with Crippen LogP contribution in [0.5, 0.6) is 0 Å². The first-order chi connectivity index (χ1) is 10.5. The third-order valence-corrected chi connectivity index (χ3v) is 3.48. The van der Waals surface area contributed by atoms with Gasteiger partial charge in [0.25, 0.3) is 5.56 Å². The predicted molar refractivity (Wildman–Crippen MR) is 84.9 cm³/mol. The molecule has 0 aliphatic heterocycles. The number of aryl methyl sites for hydroxylation is 1. The first kappa shape index (κ1) is 14.5. The van der Waals surface area contributed by atoms with E-state index in [1.165, 1.54) is 22.7 Å². The van der Waals surface area contributed by atoms with Crippen LogP contribution in [0.15, 0.2) is 47.4 Å². The summed E-state index contributed by atoms with van der Waals surface area (Å²) in [5.74, 6) is -0.329. The monoisotopic (exact) mass is 317 g/mol. The molecular formula is C16H13ClFN3O. The summed E-state index contributed by atoms with van der Waals surface area (Å²) < 4.78 is 15.1. The second-order valence-electron chi connectivity index (χ2n) is 5.00. The molecule has 0 fully saturated rings. The van der Waals surface area contributed by atoms with Gasteiger partial charge in [-0.05, 0) is 36.8 Å². The smallest absolute Gasteiger partial charge is 0.258 e. The van der Waals surface area contributed by atoms with Crippen molar-refractivity contribution in [1.82, 2.24) is 9.38 Å². The Morgan fingerprint density at radius 3 is 2.86 bits per heavy atom. The largest absolute Gasteiger partial charge is 0.377 e. The van der Waals surface area contributed by atoms with E-state index in [1.807, 2.05) is 13.0 Å². The van der Waals surface area contributed by atoms with E-state index in [2.05, 4.69) is 10.3 Å². The fraction of sp³-hybridized carbons (Fsp3) is 0.125. The Morgan fingerprint density at radius 1 is 1.27 bits per heavy atom. The van der Waals surface area contributed by atoms with Gasteiger partial charge in [0.15, 0.2) is 0 Å². The average Bonchev–Trinajstić information content (AvgIpc) is 2.47. The van der Waals surface area contributed by atoms with Gasteiger partial charge in [-0.3, -0.25) is 9.20 Å². The molecule has 22 heavy (non-hydrogen) atoms. The Hall–Kier alpha value is -2.40. The number of aromatic nitrogens is 2. The Labute approximate surface area is 131 Å². The third kappa shape index (κ3) is 2.94. The molecule has 0 aliphatic rings. The molecule has 2 aromatic heterocycles. The molecule has 3 aromatic rings. The van der Waals surface area contributed by atoms with Crippen LogP contribution in [0.1, 0.15) is 11.3 Å². The lowest BCUT2D eigenvalue weighted by Gasteiger charge is -2.09. The van der Waals surface area contributed by atoms with Crippen LogP contribution in [0.4, 0.5) is 10.1 Å². The van der Waals surface area contributed by atoms with Gasteiger partial charge in [-0.1, -0.05) is 17.7 Å². The zero-order valence-corrected chi connectivity index (χ0v) is 12.6. The Bertz CT molecular complexity index is 908. The molecule has 0 spiro atoms. The molecule has 0 unspecified atom stereocenters. The van der Waals surface area contributed by atoms with Crippen molar-refractivity contribution in [2.45, 2.75) is 13.5 Å². The van der Waals surface area contributed by atoms with E-state index < -0.39 is 0 Å². The minimum atomic E-state index is -0.329. The molecule has 112 valence electrons. The van der Waals surface area contributed by atoms with Gasteiger partial charge >= 0.3 is 0 Å². The first-order valence-electron chi connectivity index (χ1n) is 6.71.